The van der Waals surface area contributed by atoms with Crippen molar-refractivity contribution >= 4 is 5.91 Å². The van der Waals surface area contributed by atoms with Gasteiger partial charge in [0.1, 0.15) is 5.75 Å². The molecule has 2 saturated heterocycles. The Hall–Kier alpha value is -1.59. The summed E-state index contributed by atoms with van der Waals surface area (Å²) in [6, 6.07) is 9.42. The first-order valence-electron chi connectivity index (χ1n) is 7.91. The highest BCUT2D eigenvalue weighted by Crippen LogP contribution is 2.34. The number of likely N-dealkylation sites (tertiary alicyclic amines) is 1. The zero-order chi connectivity index (χ0) is 15.4. The average Bonchev–Trinajstić information content (AvgIpc) is 3.02. The number of benzene rings is 1. The number of para-hydroxylation sites is 1. The minimum absolute atomic E-state index is 0.0233. The molecule has 5 heteroatoms. The first-order valence-corrected chi connectivity index (χ1v) is 7.91. The standard InChI is InChI=1S/C17H23NO4/c1-17(21-10-11-22-17)14-6-5-9-18(12-14)16(19)13-20-15-7-3-2-4-8-15/h2-4,7-8,14H,5-6,9-13H2,1H3. The van der Waals surface area contributed by atoms with Gasteiger partial charge in [0.2, 0.25) is 0 Å². The van der Waals surface area contributed by atoms with Gasteiger partial charge in [-0.1, -0.05) is 18.2 Å². The Labute approximate surface area is 131 Å². The predicted molar refractivity (Wildman–Crippen MR) is 81.6 cm³/mol. The Balaban J connectivity index is 1.54. The minimum atomic E-state index is -0.542. The molecule has 0 bridgehead atoms. The van der Waals surface area contributed by atoms with Gasteiger partial charge >= 0.3 is 0 Å². The van der Waals surface area contributed by atoms with Crippen molar-refractivity contribution < 1.29 is 19.0 Å². The fourth-order valence-corrected chi connectivity index (χ4v) is 3.15. The summed E-state index contributed by atoms with van der Waals surface area (Å²) in [5.41, 5.74) is 0. The van der Waals surface area contributed by atoms with Crippen LogP contribution in [0.5, 0.6) is 5.75 Å². The Bertz CT molecular complexity index is 499. The van der Waals surface area contributed by atoms with E-state index in [-0.39, 0.29) is 18.4 Å². The molecule has 1 aromatic carbocycles. The number of hydrogen-bond donors (Lipinski definition) is 0. The lowest BCUT2D eigenvalue weighted by Gasteiger charge is -2.39. The van der Waals surface area contributed by atoms with Crippen LogP contribution >= 0.6 is 0 Å². The summed E-state index contributed by atoms with van der Waals surface area (Å²) < 4.78 is 17.0. The van der Waals surface area contributed by atoms with E-state index in [1.807, 2.05) is 42.2 Å². The quantitative estimate of drug-likeness (QED) is 0.854. The predicted octanol–water partition coefficient (Wildman–Crippen LogP) is 2.07. The maximum atomic E-state index is 12.4. The lowest BCUT2D eigenvalue weighted by molar-refractivity contribution is -0.193. The number of nitrogens with zero attached hydrogens (tertiary/aromatic N) is 1. The van der Waals surface area contributed by atoms with Crippen molar-refractivity contribution in [2.24, 2.45) is 5.92 Å². The van der Waals surface area contributed by atoms with Crippen LogP contribution in [-0.4, -0.2) is 49.5 Å². The van der Waals surface area contributed by atoms with Crippen LogP contribution in [0.25, 0.3) is 0 Å². The number of piperidine rings is 1. The van der Waals surface area contributed by atoms with Crippen LogP contribution in [0.4, 0.5) is 0 Å². The summed E-state index contributed by atoms with van der Waals surface area (Å²) in [4.78, 5) is 14.2. The van der Waals surface area contributed by atoms with Crippen molar-refractivity contribution in [3.8, 4) is 5.75 Å². The van der Waals surface area contributed by atoms with Crippen molar-refractivity contribution in [3.63, 3.8) is 0 Å². The van der Waals surface area contributed by atoms with Crippen molar-refractivity contribution in [1.82, 2.24) is 4.90 Å². The molecule has 1 amide bonds. The molecule has 0 radical (unpaired) electrons. The lowest BCUT2D eigenvalue weighted by atomic mass is 9.90. The van der Waals surface area contributed by atoms with E-state index in [9.17, 15) is 4.79 Å². The van der Waals surface area contributed by atoms with Gasteiger partial charge in [-0.2, -0.15) is 0 Å². The van der Waals surface area contributed by atoms with Crippen molar-refractivity contribution in [1.29, 1.82) is 0 Å². The summed E-state index contributed by atoms with van der Waals surface area (Å²) in [5, 5.41) is 0. The molecule has 1 atom stereocenters. The van der Waals surface area contributed by atoms with Crippen molar-refractivity contribution in [2.75, 3.05) is 32.9 Å². The van der Waals surface area contributed by atoms with Crippen LogP contribution < -0.4 is 4.74 Å². The second-order valence-electron chi connectivity index (χ2n) is 5.99. The van der Waals surface area contributed by atoms with E-state index < -0.39 is 5.79 Å². The van der Waals surface area contributed by atoms with E-state index in [0.29, 0.717) is 19.8 Å². The second-order valence-corrected chi connectivity index (χ2v) is 5.99. The monoisotopic (exact) mass is 305 g/mol. The second kappa shape index (κ2) is 6.67. The highest BCUT2D eigenvalue weighted by atomic mass is 16.7. The van der Waals surface area contributed by atoms with Gasteiger partial charge in [0.05, 0.1) is 13.2 Å². The maximum Gasteiger partial charge on any atom is 0.260 e. The molecule has 5 nitrogen and oxygen atoms in total. The third kappa shape index (κ3) is 3.42. The number of rotatable bonds is 4. The molecular formula is C17H23NO4. The Kier molecular flexibility index (Phi) is 4.64. The van der Waals surface area contributed by atoms with E-state index in [1.54, 1.807) is 0 Å². The van der Waals surface area contributed by atoms with E-state index in [1.165, 1.54) is 0 Å². The highest BCUT2D eigenvalue weighted by molar-refractivity contribution is 5.77. The van der Waals surface area contributed by atoms with Gasteiger partial charge < -0.3 is 19.1 Å². The number of carbonyl (C=O) groups is 1. The normalized spacial score (nSPS) is 24.2. The number of carbonyl (C=O) groups excluding carboxylic acids is 1. The third-order valence-corrected chi connectivity index (χ3v) is 4.48. The van der Waals surface area contributed by atoms with Crippen LogP contribution in [0.1, 0.15) is 19.8 Å². The molecule has 2 heterocycles. The molecule has 0 aromatic heterocycles. The Morgan fingerprint density at radius 1 is 1.32 bits per heavy atom. The number of hydrogen-bond acceptors (Lipinski definition) is 4. The maximum absolute atomic E-state index is 12.4. The topological polar surface area (TPSA) is 48.0 Å². The van der Waals surface area contributed by atoms with Crippen LogP contribution in [0, 0.1) is 5.92 Å². The molecule has 22 heavy (non-hydrogen) atoms. The van der Waals surface area contributed by atoms with Gasteiger partial charge in [-0.05, 0) is 31.9 Å². The van der Waals surface area contributed by atoms with Crippen LogP contribution in [-0.2, 0) is 14.3 Å². The zero-order valence-electron chi connectivity index (χ0n) is 13.0. The molecule has 3 rings (SSSR count). The minimum Gasteiger partial charge on any atom is -0.484 e. The Morgan fingerprint density at radius 2 is 2.05 bits per heavy atom. The number of ether oxygens (including phenoxy) is 3. The summed E-state index contributed by atoms with van der Waals surface area (Å²) in [6.07, 6.45) is 2.00. The molecule has 0 saturated carbocycles. The smallest absolute Gasteiger partial charge is 0.260 e. The average molecular weight is 305 g/mol. The largest absolute Gasteiger partial charge is 0.484 e. The first-order chi connectivity index (χ1) is 10.7. The summed E-state index contributed by atoms with van der Waals surface area (Å²) in [7, 11) is 0. The van der Waals surface area contributed by atoms with Crippen molar-refractivity contribution in [3.05, 3.63) is 30.3 Å². The van der Waals surface area contributed by atoms with E-state index in [4.69, 9.17) is 14.2 Å². The fourth-order valence-electron chi connectivity index (χ4n) is 3.15. The molecule has 120 valence electrons. The van der Waals surface area contributed by atoms with E-state index in [0.717, 1.165) is 25.1 Å². The van der Waals surface area contributed by atoms with Gasteiger partial charge in [0, 0.05) is 19.0 Å². The molecule has 2 fully saturated rings. The lowest BCUT2D eigenvalue weighted by Crippen LogP contribution is -2.49. The van der Waals surface area contributed by atoms with E-state index >= 15 is 0 Å². The molecular weight excluding hydrogens is 282 g/mol. The molecule has 0 N–H and O–H groups in total. The zero-order valence-corrected chi connectivity index (χ0v) is 13.0. The molecule has 2 aliphatic heterocycles. The van der Waals surface area contributed by atoms with E-state index in [2.05, 4.69) is 0 Å². The summed E-state index contributed by atoms with van der Waals surface area (Å²) in [5.74, 6) is 0.428. The van der Waals surface area contributed by atoms with Crippen LogP contribution in [0.3, 0.4) is 0 Å². The molecule has 0 spiro atoms. The highest BCUT2D eigenvalue weighted by Gasteiger charge is 2.42. The fraction of sp³-hybridized carbons (Fsp3) is 0.588. The first kappa shape index (κ1) is 15.3. The van der Waals surface area contributed by atoms with Gasteiger partial charge in [0.15, 0.2) is 12.4 Å². The van der Waals surface area contributed by atoms with Gasteiger partial charge in [-0.3, -0.25) is 4.79 Å². The van der Waals surface area contributed by atoms with Gasteiger partial charge in [-0.15, -0.1) is 0 Å². The molecule has 2 aliphatic rings. The molecule has 1 unspecified atom stereocenters. The molecule has 0 aliphatic carbocycles. The summed E-state index contributed by atoms with van der Waals surface area (Å²) >= 11 is 0. The third-order valence-electron chi connectivity index (χ3n) is 4.48. The molecule has 1 aromatic rings. The van der Waals surface area contributed by atoms with Crippen LogP contribution in [0.2, 0.25) is 0 Å². The SMILES string of the molecule is CC1(C2CCCN(C(=O)COc3ccccc3)C2)OCCO1. The van der Waals surface area contributed by atoms with Gasteiger partial charge in [-0.25, -0.2) is 0 Å². The number of amides is 1. The van der Waals surface area contributed by atoms with Crippen molar-refractivity contribution in [2.45, 2.75) is 25.6 Å². The Morgan fingerprint density at radius 3 is 2.77 bits per heavy atom. The van der Waals surface area contributed by atoms with Crippen LogP contribution in [0.15, 0.2) is 30.3 Å². The van der Waals surface area contributed by atoms with Gasteiger partial charge in [0.25, 0.3) is 5.91 Å². The summed E-state index contributed by atoms with van der Waals surface area (Å²) in [6.45, 7) is 4.79.